The van der Waals surface area contributed by atoms with Crippen molar-refractivity contribution in [1.29, 1.82) is 0 Å². The number of benzene rings is 1. The van der Waals surface area contributed by atoms with Crippen molar-refractivity contribution in [1.82, 2.24) is 4.90 Å². The van der Waals surface area contributed by atoms with E-state index in [9.17, 15) is 0 Å². The Labute approximate surface area is 134 Å². The Bertz CT molecular complexity index is 386. The average Bonchev–Trinajstić information content (AvgIpc) is 2.94. The second kappa shape index (κ2) is 9.87. The fourth-order valence-corrected chi connectivity index (χ4v) is 2.45. The largest absolute Gasteiger partial charge is 0.494 e. The molecule has 2 N–H and O–H groups in total. The van der Waals surface area contributed by atoms with Crippen LogP contribution in [-0.2, 0) is 0 Å². The molecule has 0 spiro atoms. The number of nitrogens with two attached hydrogens (primary N) is 1. The second-order valence-electron chi connectivity index (χ2n) is 5.36. The Hall–Kier alpha value is -0.970. The number of halogens is 1. The third-order valence-corrected chi connectivity index (χ3v) is 3.68. The van der Waals surface area contributed by atoms with Gasteiger partial charge in [0.2, 0.25) is 0 Å². The molecule has 0 saturated carbocycles. The van der Waals surface area contributed by atoms with Crippen molar-refractivity contribution in [3.05, 3.63) is 24.3 Å². The SMILES string of the molecule is CCCOc1ccc(OCCN2CCC(CN)C2)cc1.Cl. The van der Waals surface area contributed by atoms with Gasteiger partial charge in [0.15, 0.2) is 0 Å². The van der Waals surface area contributed by atoms with Crippen molar-refractivity contribution >= 4 is 12.4 Å². The predicted molar refractivity (Wildman–Crippen MR) is 88.6 cm³/mol. The quantitative estimate of drug-likeness (QED) is 0.801. The Morgan fingerprint density at radius 1 is 1.14 bits per heavy atom. The number of hydrogen-bond donors (Lipinski definition) is 1. The molecule has 1 fully saturated rings. The van der Waals surface area contributed by atoms with Gasteiger partial charge in [0.1, 0.15) is 18.1 Å². The van der Waals surface area contributed by atoms with E-state index in [2.05, 4.69) is 11.8 Å². The lowest BCUT2D eigenvalue weighted by molar-refractivity contribution is 0.233. The van der Waals surface area contributed by atoms with Gasteiger partial charge in [-0.05, 0) is 56.1 Å². The van der Waals surface area contributed by atoms with Gasteiger partial charge in [-0.2, -0.15) is 0 Å². The highest BCUT2D eigenvalue weighted by Crippen LogP contribution is 2.18. The van der Waals surface area contributed by atoms with Gasteiger partial charge in [0.25, 0.3) is 0 Å². The first-order chi connectivity index (χ1) is 9.81. The zero-order valence-electron chi connectivity index (χ0n) is 12.8. The molecule has 1 aromatic rings. The molecule has 2 rings (SSSR count). The van der Waals surface area contributed by atoms with E-state index in [1.807, 2.05) is 24.3 Å². The number of hydrogen-bond acceptors (Lipinski definition) is 4. The summed E-state index contributed by atoms with van der Waals surface area (Å²) < 4.78 is 11.3. The lowest BCUT2D eigenvalue weighted by Gasteiger charge is -2.16. The molecule has 120 valence electrons. The van der Waals surface area contributed by atoms with Crippen LogP contribution in [0, 0.1) is 5.92 Å². The van der Waals surface area contributed by atoms with Gasteiger partial charge in [-0.1, -0.05) is 6.92 Å². The summed E-state index contributed by atoms with van der Waals surface area (Å²) in [7, 11) is 0. The fourth-order valence-electron chi connectivity index (χ4n) is 2.45. The van der Waals surface area contributed by atoms with E-state index in [0.717, 1.165) is 57.3 Å². The molecule has 1 unspecified atom stereocenters. The van der Waals surface area contributed by atoms with Crippen molar-refractivity contribution in [3.8, 4) is 11.5 Å². The molecule has 5 heteroatoms. The molecule has 4 nitrogen and oxygen atoms in total. The van der Waals surface area contributed by atoms with E-state index in [4.69, 9.17) is 15.2 Å². The Kier molecular flexibility index (Phi) is 8.50. The van der Waals surface area contributed by atoms with Gasteiger partial charge in [-0.15, -0.1) is 12.4 Å². The molecule has 0 aliphatic carbocycles. The van der Waals surface area contributed by atoms with Crippen LogP contribution in [0.2, 0.25) is 0 Å². The first-order valence-corrected chi connectivity index (χ1v) is 7.60. The lowest BCUT2D eigenvalue weighted by atomic mass is 10.1. The van der Waals surface area contributed by atoms with Crippen molar-refractivity contribution in [3.63, 3.8) is 0 Å². The Balaban J connectivity index is 0.00000220. The minimum absolute atomic E-state index is 0. The number of nitrogens with zero attached hydrogens (tertiary/aromatic N) is 1. The van der Waals surface area contributed by atoms with Crippen LogP contribution < -0.4 is 15.2 Å². The summed E-state index contributed by atoms with van der Waals surface area (Å²) >= 11 is 0. The molecule has 0 bridgehead atoms. The second-order valence-corrected chi connectivity index (χ2v) is 5.36. The van der Waals surface area contributed by atoms with Gasteiger partial charge in [-0.3, -0.25) is 4.90 Å². The average molecular weight is 315 g/mol. The molecule has 0 radical (unpaired) electrons. The smallest absolute Gasteiger partial charge is 0.119 e. The van der Waals surface area contributed by atoms with Crippen LogP contribution in [0.4, 0.5) is 0 Å². The molecule has 1 aliphatic rings. The first-order valence-electron chi connectivity index (χ1n) is 7.60. The van der Waals surface area contributed by atoms with Crippen molar-refractivity contribution < 1.29 is 9.47 Å². The molecule has 1 aliphatic heterocycles. The molecule has 1 heterocycles. The molecular weight excluding hydrogens is 288 g/mol. The van der Waals surface area contributed by atoms with Gasteiger partial charge >= 0.3 is 0 Å². The minimum atomic E-state index is 0. The van der Waals surface area contributed by atoms with E-state index >= 15 is 0 Å². The topological polar surface area (TPSA) is 47.7 Å². The summed E-state index contributed by atoms with van der Waals surface area (Å²) in [4.78, 5) is 2.43. The molecule has 21 heavy (non-hydrogen) atoms. The predicted octanol–water partition coefficient (Wildman–Crippen LogP) is 2.56. The minimum Gasteiger partial charge on any atom is -0.494 e. The van der Waals surface area contributed by atoms with Crippen LogP contribution in [-0.4, -0.2) is 44.3 Å². The van der Waals surface area contributed by atoms with Crippen LogP contribution in [0.5, 0.6) is 11.5 Å². The molecule has 1 aromatic carbocycles. The fraction of sp³-hybridized carbons (Fsp3) is 0.625. The first kappa shape index (κ1) is 18.1. The Morgan fingerprint density at radius 2 is 1.76 bits per heavy atom. The van der Waals surface area contributed by atoms with Gasteiger partial charge in [-0.25, -0.2) is 0 Å². The number of likely N-dealkylation sites (tertiary alicyclic amines) is 1. The van der Waals surface area contributed by atoms with Gasteiger partial charge in [0.05, 0.1) is 6.61 Å². The molecule has 0 aromatic heterocycles. The third-order valence-electron chi connectivity index (χ3n) is 3.68. The highest BCUT2D eigenvalue weighted by Gasteiger charge is 2.20. The number of ether oxygens (including phenoxy) is 2. The highest BCUT2D eigenvalue weighted by molar-refractivity contribution is 5.85. The summed E-state index contributed by atoms with van der Waals surface area (Å²) in [6.45, 7) is 7.63. The lowest BCUT2D eigenvalue weighted by Crippen LogP contribution is -2.27. The maximum atomic E-state index is 5.77. The van der Waals surface area contributed by atoms with E-state index in [0.29, 0.717) is 5.92 Å². The summed E-state index contributed by atoms with van der Waals surface area (Å²) in [6, 6.07) is 7.87. The van der Waals surface area contributed by atoms with Crippen molar-refractivity contribution in [2.75, 3.05) is 39.4 Å². The van der Waals surface area contributed by atoms with Crippen LogP contribution in [0.1, 0.15) is 19.8 Å². The van der Waals surface area contributed by atoms with E-state index in [1.54, 1.807) is 0 Å². The maximum Gasteiger partial charge on any atom is 0.119 e. The third kappa shape index (κ3) is 6.12. The standard InChI is InChI=1S/C16H26N2O2.ClH/c1-2-10-19-15-3-5-16(6-4-15)20-11-9-18-8-7-14(12-17)13-18;/h3-6,14H,2,7-13,17H2,1H3;1H. The van der Waals surface area contributed by atoms with Crippen LogP contribution >= 0.6 is 12.4 Å². The number of rotatable bonds is 8. The summed E-state index contributed by atoms with van der Waals surface area (Å²) in [5, 5.41) is 0. The van der Waals surface area contributed by atoms with E-state index < -0.39 is 0 Å². The zero-order valence-corrected chi connectivity index (χ0v) is 13.6. The summed E-state index contributed by atoms with van der Waals surface area (Å²) in [5.74, 6) is 2.48. The molecule has 0 amide bonds. The molecule has 1 atom stereocenters. The zero-order chi connectivity index (χ0) is 14.2. The maximum absolute atomic E-state index is 5.77. The van der Waals surface area contributed by atoms with Crippen LogP contribution in [0.3, 0.4) is 0 Å². The van der Waals surface area contributed by atoms with Crippen LogP contribution in [0.25, 0.3) is 0 Å². The van der Waals surface area contributed by atoms with Gasteiger partial charge in [0, 0.05) is 13.1 Å². The normalized spacial score (nSPS) is 18.3. The van der Waals surface area contributed by atoms with Crippen molar-refractivity contribution in [2.45, 2.75) is 19.8 Å². The van der Waals surface area contributed by atoms with E-state index in [1.165, 1.54) is 6.42 Å². The summed E-state index contributed by atoms with van der Waals surface area (Å²) in [5.41, 5.74) is 5.69. The van der Waals surface area contributed by atoms with Gasteiger partial charge < -0.3 is 15.2 Å². The summed E-state index contributed by atoms with van der Waals surface area (Å²) in [6.07, 6.45) is 2.25. The van der Waals surface area contributed by atoms with Crippen LogP contribution in [0.15, 0.2) is 24.3 Å². The highest BCUT2D eigenvalue weighted by atomic mass is 35.5. The van der Waals surface area contributed by atoms with Crippen molar-refractivity contribution in [2.24, 2.45) is 11.7 Å². The molecular formula is C16H27ClN2O2. The molecule has 1 saturated heterocycles. The Morgan fingerprint density at radius 3 is 2.29 bits per heavy atom. The van der Waals surface area contributed by atoms with E-state index in [-0.39, 0.29) is 12.4 Å². The monoisotopic (exact) mass is 314 g/mol.